The van der Waals surface area contributed by atoms with Crippen LogP contribution in [0, 0.1) is 0 Å². The van der Waals surface area contributed by atoms with Gasteiger partial charge in [0.1, 0.15) is 0 Å². The highest BCUT2D eigenvalue weighted by Crippen LogP contribution is 2.34. The van der Waals surface area contributed by atoms with Gasteiger partial charge in [-0.05, 0) is 48.2 Å². The van der Waals surface area contributed by atoms with Crippen molar-refractivity contribution in [1.82, 2.24) is 4.72 Å². The van der Waals surface area contributed by atoms with Gasteiger partial charge in [0.05, 0.1) is 10.8 Å². The van der Waals surface area contributed by atoms with Crippen molar-refractivity contribution in [3.8, 4) is 0 Å². The molecule has 0 fully saturated rings. The molecular weight excluding hydrogens is 396 g/mol. The lowest BCUT2D eigenvalue weighted by molar-refractivity contribution is -0.116. The Morgan fingerprint density at radius 3 is 2.13 bits per heavy atom. The Labute approximate surface area is 177 Å². The average molecular weight is 421 g/mol. The van der Waals surface area contributed by atoms with Crippen LogP contribution in [-0.2, 0) is 14.8 Å². The number of amides is 1. The molecule has 0 aliphatic carbocycles. The molecular formula is C24H24N2O3S. The molecule has 2 N–H and O–H groups in total. The van der Waals surface area contributed by atoms with Gasteiger partial charge in [0.15, 0.2) is 0 Å². The number of benzene rings is 3. The van der Waals surface area contributed by atoms with E-state index < -0.39 is 10.0 Å². The maximum Gasteiger partial charge on any atom is 0.240 e. The number of sulfonamides is 1. The van der Waals surface area contributed by atoms with Crippen LogP contribution in [0.2, 0.25) is 0 Å². The van der Waals surface area contributed by atoms with E-state index >= 15 is 0 Å². The molecule has 3 aromatic carbocycles. The van der Waals surface area contributed by atoms with Crippen LogP contribution in [0.25, 0.3) is 0 Å². The lowest BCUT2D eigenvalue weighted by atomic mass is 9.89. The quantitative estimate of drug-likeness (QED) is 0.600. The average Bonchev–Trinajstić information content (AvgIpc) is 3.05. The maximum atomic E-state index is 12.9. The smallest absolute Gasteiger partial charge is 0.240 e. The molecule has 0 unspecified atom stereocenters. The summed E-state index contributed by atoms with van der Waals surface area (Å²) in [7, 11) is -3.67. The fourth-order valence-corrected chi connectivity index (χ4v) is 4.96. The molecule has 5 nitrogen and oxygen atoms in total. The summed E-state index contributed by atoms with van der Waals surface area (Å²) in [6.07, 6.45) is 0.634. The molecule has 0 saturated carbocycles. The number of hydrogen-bond acceptors (Lipinski definition) is 3. The van der Waals surface area contributed by atoms with Gasteiger partial charge in [-0.2, -0.15) is 0 Å². The van der Waals surface area contributed by atoms with Crippen LogP contribution in [0.15, 0.2) is 83.8 Å². The first-order valence-electron chi connectivity index (χ1n) is 10.00. The summed E-state index contributed by atoms with van der Waals surface area (Å²) < 4.78 is 28.4. The van der Waals surface area contributed by atoms with Crippen molar-refractivity contribution in [2.45, 2.75) is 30.1 Å². The van der Waals surface area contributed by atoms with E-state index in [0.717, 1.165) is 11.1 Å². The highest BCUT2D eigenvalue weighted by atomic mass is 32.2. The van der Waals surface area contributed by atoms with Gasteiger partial charge >= 0.3 is 0 Å². The minimum absolute atomic E-state index is 0.0944. The summed E-state index contributed by atoms with van der Waals surface area (Å²) in [4.78, 5) is 12.0. The number of fused-ring (bicyclic) bond motifs is 1. The lowest BCUT2D eigenvalue weighted by Crippen LogP contribution is -2.26. The van der Waals surface area contributed by atoms with E-state index in [9.17, 15) is 13.2 Å². The Morgan fingerprint density at radius 2 is 1.53 bits per heavy atom. The molecule has 0 saturated heterocycles. The zero-order chi connectivity index (χ0) is 21.1. The van der Waals surface area contributed by atoms with Crippen molar-refractivity contribution in [2.75, 3.05) is 11.9 Å². The first kappa shape index (κ1) is 20.3. The zero-order valence-corrected chi connectivity index (χ0v) is 17.5. The van der Waals surface area contributed by atoms with E-state index in [-0.39, 0.29) is 22.6 Å². The molecule has 30 heavy (non-hydrogen) atoms. The van der Waals surface area contributed by atoms with Crippen molar-refractivity contribution in [2.24, 2.45) is 0 Å². The van der Waals surface area contributed by atoms with Crippen LogP contribution in [0.1, 0.15) is 41.9 Å². The summed E-state index contributed by atoms with van der Waals surface area (Å²) in [5, 5.41) is 2.77. The van der Waals surface area contributed by atoms with Crippen LogP contribution in [-0.4, -0.2) is 20.9 Å². The first-order chi connectivity index (χ1) is 14.5. The van der Waals surface area contributed by atoms with Gasteiger partial charge in [-0.3, -0.25) is 4.79 Å². The van der Waals surface area contributed by atoms with Crippen LogP contribution >= 0.6 is 0 Å². The molecule has 1 aliphatic heterocycles. The highest BCUT2D eigenvalue weighted by molar-refractivity contribution is 7.89. The third-order valence-electron chi connectivity index (χ3n) is 5.58. The van der Waals surface area contributed by atoms with E-state index in [2.05, 4.69) is 34.3 Å². The number of anilines is 1. The van der Waals surface area contributed by atoms with Gasteiger partial charge in [-0.1, -0.05) is 60.7 Å². The SMILES string of the molecule is C[C@H]1C(=O)Nc2ccc(S(=O)(=O)NCCC(c3ccccc3)c3ccccc3)cc21. The van der Waals surface area contributed by atoms with Gasteiger partial charge in [0.2, 0.25) is 15.9 Å². The van der Waals surface area contributed by atoms with Crippen LogP contribution < -0.4 is 10.0 Å². The minimum Gasteiger partial charge on any atom is -0.325 e. The van der Waals surface area contributed by atoms with E-state index in [0.29, 0.717) is 24.2 Å². The number of nitrogens with one attached hydrogen (secondary N) is 2. The summed E-state index contributed by atoms with van der Waals surface area (Å²) in [5.41, 5.74) is 3.70. The Bertz CT molecular complexity index is 1110. The predicted octanol–water partition coefficient (Wildman–Crippen LogP) is 4.24. The van der Waals surface area contributed by atoms with Gasteiger partial charge in [-0.15, -0.1) is 0 Å². The van der Waals surface area contributed by atoms with E-state index in [1.54, 1.807) is 19.1 Å². The molecule has 1 aliphatic rings. The molecule has 0 bridgehead atoms. The molecule has 1 atom stereocenters. The molecule has 4 rings (SSSR count). The molecule has 0 radical (unpaired) electrons. The van der Waals surface area contributed by atoms with Crippen LogP contribution in [0.5, 0.6) is 0 Å². The second kappa shape index (κ2) is 8.42. The summed E-state index contributed by atoms with van der Waals surface area (Å²) in [6, 6.07) is 25.0. The van der Waals surface area contributed by atoms with E-state index in [1.807, 2.05) is 36.4 Å². The lowest BCUT2D eigenvalue weighted by Gasteiger charge is -2.18. The summed E-state index contributed by atoms with van der Waals surface area (Å²) in [5.74, 6) is -0.367. The highest BCUT2D eigenvalue weighted by Gasteiger charge is 2.28. The van der Waals surface area contributed by atoms with Crippen LogP contribution in [0.3, 0.4) is 0 Å². The van der Waals surface area contributed by atoms with Gasteiger partial charge in [0.25, 0.3) is 0 Å². The molecule has 6 heteroatoms. The van der Waals surface area contributed by atoms with Crippen molar-refractivity contribution in [3.63, 3.8) is 0 Å². The van der Waals surface area contributed by atoms with Crippen molar-refractivity contribution in [3.05, 3.63) is 95.6 Å². The standard InChI is InChI=1S/C24H24N2O3S/c1-17-22-16-20(12-13-23(22)26-24(17)27)30(28,29)25-15-14-21(18-8-4-2-5-9-18)19-10-6-3-7-11-19/h2-13,16-17,21,25H,14-15H2,1H3,(H,26,27)/t17-/m1/s1. The zero-order valence-electron chi connectivity index (χ0n) is 16.7. The third-order valence-corrected chi connectivity index (χ3v) is 7.04. The minimum atomic E-state index is -3.67. The van der Waals surface area contributed by atoms with Gasteiger partial charge in [0, 0.05) is 18.2 Å². The largest absolute Gasteiger partial charge is 0.325 e. The number of hydrogen-bond donors (Lipinski definition) is 2. The Kier molecular flexibility index (Phi) is 5.70. The first-order valence-corrected chi connectivity index (χ1v) is 11.5. The topological polar surface area (TPSA) is 75.3 Å². The van der Waals surface area contributed by atoms with Gasteiger partial charge in [-0.25, -0.2) is 13.1 Å². The van der Waals surface area contributed by atoms with Gasteiger partial charge < -0.3 is 5.32 Å². The number of carbonyl (C=O) groups excluding carboxylic acids is 1. The van der Waals surface area contributed by atoms with Crippen molar-refractivity contribution in [1.29, 1.82) is 0 Å². The third kappa shape index (κ3) is 4.15. The number of carbonyl (C=O) groups is 1. The second-order valence-corrected chi connectivity index (χ2v) is 9.29. The summed E-state index contributed by atoms with van der Waals surface area (Å²) in [6.45, 7) is 2.08. The Morgan fingerprint density at radius 1 is 0.933 bits per heavy atom. The fourth-order valence-electron chi connectivity index (χ4n) is 3.88. The molecule has 1 heterocycles. The monoisotopic (exact) mass is 420 g/mol. The predicted molar refractivity (Wildman–Crippen MR) is 118 cm³/mol. The van der Waals surface area contributed by atoms with Crippen LogP contribution in [0.4, 0.5) is 5.69 Å². The molecule has 0 spiro atoms. The fraction of sp³-hybridized carbons (Fsp3) is 0.208. The normalized spacial score (nSPS) is 15.8. The van der Waals surface area contributed by atoms with E-state index in [4.69, 9.17) is 0 Å². The molecule has 3 aromatic rings. The van der Waals surface area contributed by atoms with Crippen molar-refractivity contribution >= 4 is 21.6 Å². The molecule has 154 valence electrons. The second-order valence-electron chi connectivity index (χ2n) is 7.52. The Balaban J connectivity index is 1.50. The van der Waals surface area contributed by atoms with E-state index in [1.165, 1.54) is 6.07 Å². The summed E-state index contributed by atoms with van der Waals surface area (Å²) >= 11 is 0. The number of rotatable bonds is 7. The Hall–Kier alpha value is -2.96. The molecule has 1 amide bonds. The molecule has 0 aromatic heterocycles. The maximum absolute atomic E-state index is 12.9. The van der Waals surface area contributed by atoms with Crippen molar-refractivity contribution < 1.29 is 13.2 Å².